The second kappa shape index (κ2) is 7.61. The monoisotopic (exact) mass is 340 g/mol. The van der Waals surface area contributed by atoms with Gasteiger partial charge in [-0.15, -0.1) is 0 Å². The van der Waals surface area contributed by atoms with E-state index in [9.17, 15) is 10.2 Å². The lowest BCUT2D eigenvalue weighted by Gasteiger charge is -2.52. The Balaban J connectivity index is 2.29. The summed E-state index contributed by atoms with van der Waals surface area (Å²) in [6.07, 6.45) is 1.29. The van der Waals surface area contributed by atoms with Gasteiger partial charge in [-0.25, -0.2) is 0 Å². The highest BCUT2D eigenvalue weighted by molar-refractivity contribution is 5.00. The maximum absolute atomic E-state index is 10.4. The molecule has 2 fully saturated rings. The van der Waals surface area contributed by atoms with Crippen molar-refractivity contribution in [3.63, 3.8) is 0 Å². The molecule has 2 rings (SSSR count). The van der Waals surface area contributed by atoms with E-state index in [0.29, 0.717) is 35.5 Å². The predicted octanol–water partition coefficient (Wildman–Crippen LogP) is 2.22. The fourth-order valence-corrected chi connectivity index (χ4v) is 5.84. The second-order valence-corrected chi connectivity index (χ2v) is 9.43. The quantitative estimate of drug-likeness (QED) is 0.634. The minimum absolute atomic E-state index is 0.143. The summed E-state index contributed by atoms with van der Waals surface area (Å²) in [7, 11) is 0. The van der Waals surface area contributed by atoms with Gasteiger partial charge in [0.15, 0.2) is 0 Å². The summed E-state index contributed by atoms with van der Waals surface area (Å²) in [5.74, 6) is 3.24. The maximum atomic E-state index is 10.4. The number of aliphatic hydroxyl groups is 2. The summed E-state index contributed by atoms with van der Waals surface area (Å²) in [5.41, 5.74) is 12.7. The molecule has 6 N–H and O–H groups in total. The topological polar surface area (TPSA) is 92.5 Å². The summed E-state index contributed by atoms with van der Waals surface area (Å²) in [4.78, 5) is 0. The zero-order valence-corrected chi connectivity index (χ0v) is 16.4. The molecule has 142 valence electrons. The van der Waals surface area contributed by atoms with Crippen molar-refractivity contribution in [2.45, 2.75) is 78.7 Å². The predicted molar refractivity (Wildman–Crippen MR) is 99.2 cm³/mol. The molecule has 2 aliphatic rings. The fraction of sp³-hybridized carbons (Fsp3) is 1.00. The van der Waals surface area contributed by atoms with Gasteiger partial charge in [-0.05, 0) is 60.2 Å². The average Bonchev–Trinajstić information content (AvgIpc) is 2.52. The van der Waals surface area contributed by atoms with Crippen LogP contribution in [-0.4, -0.2) is 34.5 Å². The highest BCUT2D eigenvalue weighted by Crippen LogP contribution is 2.49. The van der Waals surface area contributed by atoms with Crippen LogP contribution in [0.25, 0.3) is 0 Å². The third kappa shape index (κ3) is 3.53. The number of nitrogens with two attached hydrogens (primary N) is 2. The maximum Gasteiger partial charge on any atom is 0.0719 e. The molecule has 10 atom stereocenters. The number of hydrogen-bond acceptors (Lipinski definition) is 4. The van der Waals surface area contributed by atoms with E-state index in [0.717, 1.165) is 12.8 Å². The first-order chi connectivity index (χ1) is 11.1. The highest BCUT2D eigenvalue weighted by atomic mass is 16.3. The Hall–Kier alpha value is -0.160. The summed E-state index contributed by atoms with van der Waals surface area (Å²) in [6, 6.07) is -0.286. The minimum Gasteiger partial charge on any atom is -0.391 e. The first-order valence-electron chi connectivity index (χ1n) is 9.95. The first-order valence-corrected chi connectivity index (χ1v) is 9.95. The summed E-state index contributed by atoms with van der Waals surface area (Å²) < 4.78 is 0. The molecular formula is C20H40N2O2. The van der Waals surface area contributed by atoms with Crippen molar-refractivity contribution in [1.82, 2.24) is 0 Å². The van der Waals surface area contributed by atoms with Crippen LogP contribution in [0.1, 0.15) is 54.4 Å². The third-order valence-corrected chi connectivity index (χ3v) is 7.57. The lowest BCUT2D eigenvalue weighted by Crippen LogP contribution is -2.57. The van der Waals surface area contributed by atoms with Gasteiger partial charge in [-0.2, -0.15) is 0 Å². The molecular weight excluding hydrogens is 300 g/mol. The van der Waals surface area contributed by atoms with E-state index in [1.807, 2.05) is 0 Å². The zero-order chi connectivity index (χ0) is 18.3. The molecule has 0 spiro atoms. The molecule has 0 aliphatic heterocycles. The largest absolute Gasteiger partial charge is 0.391 e. The van der Waals surface area contributed by atoms with Crippen molar-refractivity contribution in [3.05, 3.63) is 0 Å². The van der Waals surface area contributed by atoms with Crippen LogP contribution in [0, 0.1) is 47.3 Å². The van der Waals surface area contributed by atoms with Gasteiger partial charge in [0.05, 0.1) is 12.2 Å². The Kier molecular flexibility index (Phi) is 6.39. The van der Waals surface area contributed by atoms with E-state index in [2.05, 4.69) is 41.5 Å². The van der Waals surface area contributed by atoms with Crippen molar-refractivity contribution in [3.8, 4) is 0 Å². The van der Waals surface area contributed by atoms with Crippen LogP contribution in [0.4, 0.5) is 0 Å². The van der Waals surface area contributed by atoms with E-state index >= 15 is 0 Å². The van der Waals surface area contributed by atoms with E-state index in [4.69, 9.17) is 11.5 Å². The molecule has 2 aliphatic carbocycles. The summed E-state index contributed by atoms with van der Waals surface area (Å²) >= 11 is 0. The molecule has 0 aromatic heterocycles. The summed E-state index contributed by atoms with van der Waals surface area (Å²) in [6.45, 7) is 13.3. The Bertz CT molecular complexity index is 382. The van der Waals surface area contributed by atoms with Crippen LogP contribution in [0.2, 0.25) is 0 Å². The average molecular weight is 341 g/mol. The van der Waals surface area contributed by atoms with E-state index in [1.165, 1.54) is 0 Å². The standard InChI is InChI=1S/C20H40N2O2/c1-9(2)16(14-7-10(3)19(23)17(21)12(14)5)15-8-11(4)20(24)18(22)13(15)6/h9-20,23-24H,7-8,21-22H2,1-6H3. The lowest BCUT2D eigenvalue weighted by molar-refractivity contribution is -0.0676. The fourth-order valence-electron chi connectivity index (χ4n) is 5.84. The van der Waals surface area contributed by atoms with Crippen molar-refractivity contribution < 1.29 is 10.2 Å². The zero-order valence-electron chi connectivity index (χ0n) is 16.4. The van der Waals surface area contributed by atoms with Crippen LogP contribution in [-0.2, 0) is 0 Å². The molecule has 0 heterocycles. The first kappa shape index (κ1) is 20.2. The Morgan fingerprint density at radius 2 is 1.08 bits per heavy atom. The molecule has 0 aromatic rings. The van der Waals surface area contributed by atoms with Crippen LogP contribution < -0.4 is 11.5 Å². The molecule has 0 amide bonds. The van der Waals surface area contributed by atoms with Crippen LogP contribution in [0.3, 0.4) is 0 Å². The van der Waals surface area contributed by atoms with E-state index < -0.39 is 12.2 Å². The second-order valence-electron chi connectivity index (χ2n) is 9.43. The Morgan fingerprint density at radius 3 is 1.38 bits per heavy atom. The molecule has 2 saturated carbocycles. The number of hydrogen-bond donors (Lipinski definition) is 4. The van der Waals surface area contributed by atoms with Crippen molar-refractivity contribution in [1.29, 1.82) is 0 Å². The van der Waals surface area contributed by atoms with Gasteiger partial charge in [0.25, 0.3) is 0 Å². The van der Waals surface area contributed by atoms with Crippen LogP contribution >= 0.6 is 0 Å². The Morgan fingerprint density at radius 1 is 0.750 bits per heavy atom. The van der Waals surface area contributed by atoms with E-state index in [-0.39, 0.29) is 23.9 Å². The van der Waals surface area contributed by atoms with Gasteiger partial charge in [0.1, 0.15) is 0 Å². The molecule has 10 unspecified atom stereocenters. The van der Waals surface area contributed by atoms with Crippen LogP contribution in [0.5, 0.6) is 0 Å². The lowest BCUT2D eigenvalue weighted by atomic mass is 9.55. The van der Waals surface area contributed by atoms with Gasteiger partial charge >= 0.3 is 0 Å². The highest BCUT2D eigenvalue weighted by Gasteiger charge is 2.48. The molecule has 0 saturated heterocycles. The molecule has 4 nitrogen and oxygen atoms in total. The Labute approximate surface area is 148 Å². The third-order valence-electron chi connectivity index (χ3n) is 7.57. The molecule has 0 radical (unpaired) electrons. The van der Waals surface area contributed by atoms with Gasteiger partial charge < -0.3 is 21.7 Å². The smallest absolute Gasteiger partial charge is 0.0719 e. The molecule has 24 heavy (non-hydrogen) atoms. The van der Waals surface area contributed by atoms with Crippen molar-refractivity contribution in [2.75, 3.05) is 0 Å². The van der Waals surface area contributed by atoms with Gasteiger partial charge in [0, 0.05) is 12.1 Å². The van der Waals surface area contributed by atoms with Gasteiger partial charge in [0.2, 0.25) is 0 Å². The SMILES string of the molecule is CC(C)C(C1CC(C)C(O)C(N)C1C)C1CC(C)C(O)C(N)C1C. The van der Waals surface area contributed by atoms with Gasteiger partial charge in [-0.1, -0.05) is 41.5 Å². The van der Waals surface area contributed by atoms with Crippen molar-refractivity contribution in [2.24, 2.45) is 58.8 Å². The normalized spacial score (nSPS) is 51.6. The molecule has 0 bridgehead atoms. The van der Waals surface area contributed by atoms with Crippen LogP contribution in [0.15, 0.2) is 0 Å². The van der Waals surface area contributed by atoms with Gasteiger partial charge in [-0.3, -0.25) is 0 Å². The molecule has 4 heteroatoms. The van der Waals surface area contributed by atoms with E-state index in [1.54, 1.807) is 0 Å². The number of rotatable bonds is 3. The minimum atomic E-state index is -0.393. The van der Waals surface area contributed by atoms with Crippen molar-refractivity contribution >= 4 is 0 Å². The molecule has 0 aromatic carbocycles. The number of aliphatic hydroxyl groups excluding tert-OH is 2. The summed E-state index contributed by atoms with van der Waals surface area (Å²) in [5, 5.41) is 20.7.